The van der Waals surface area contributed by atoms with Crippen LogP contribution in [0.2, 0.25) is 0 Å². The smallest absolute Gasteiger partial charge is 0.339 e. The Morgan fingerprint density at radius 3 is 2.35 bits per heavy atom. The number of rotatable bonds is 7. The first-order valence-corrected chi connectivity index (χ1v) is 7.49. The number of aromatic carboxylic acids is 1. The van der Waals surface area contributed by atoms with Crippen molar-refractivity contribution in [3.63, 3.8) is 0 Å². The first-order valence-electron chi connectivity index (χ1n) is 7.49. The number of carboxylic acids is 1. The summed E-state index contributed by atoms with van der Waals surface area (Å²) in [6.07, 6.45) is 0.801. The van der Waals surface area contributed by atoms with Crippen molar-refractivity contribution < 1.29 is 23.8 Å². The van der Waals surface area contributed by atoms with Crippen LogP contribution in [-0.4, -0.2) is 24.3 Å². The van der Waals surface area contributed by atoms with Crippen LogP contribution < -0.4 is 9.47 Å². The second-order valence-electron chi connectivity index (χ2n) is 4.94. The number of ether oxygens (including phenoxy) is 2. The standard InChI is InChI=1S/C18H19FO4/c1-3-9-23-16-8-6-12(10-15(16)19)13-5-7-14(18(20)21)17(11-13)22-4-2/h5-8,10-11H,3-4,9H2,1-2H3,(H,20,21). The number of halogens is 1. The van der Waals surface area contributed by atoms with Crippen LogP contribution >= 0.6 is 0 Å². The molecule has 2 rings (SSSR count). The molecule has 0 radical (unpaired) electrons. The molecule has 5 heteroatoms. The molecule has 0 atom stereocenters. The average molecular weight is 318 g/mol. The molecule has 0 saturated heterocycles. The Morgan fingerprint density at radius 1 is 1.04 bits per heavy atom. The highest BCUT2D eigenvalue weighted by molar-refractivity contribution is 5.92. The molecule has 2 aromatic carbocycles. The third-order valence-corrected chi connectivity index (χ3v) is 3.24. The molecule has 0 spiro atoms. The largest absolute Gasteiger partial charge is 0.493 e. The van der Waals surface area contributed by atoms with Crippen molar-refractivity contribution in [2.45, 2.75) is 20.3 Å². The molecule has 0 aliphatic carbocycles. The van der Waals surface area contributed by atoms with Crippen molar-refractivity contribution in [2.75, 3.05) is 13.2 Å². The van der Waals surface area contributed by atoms with Gasteiger partial charge in [-0.05, 0) is 48.7 Å². The number of benzene rings is 2. The zero-order chi connectivity index (χ0) is 16.8. The molecular weight excluding hydrogens is 299 g/mol. The van der Waals surface area contributed by atoms with Crippen LogP contribution in [0.3, 0.4) is 0 Å². The van der Waals surface area contributed by atoms with Gasteiger partial charge in [0.1, 0.15) is 11.3 Å². The van der Waals surface area contributed by atoms with Gasteiger partial charge < -0.3 is 14.6 Å². The lowest BCUT2D eigenvalue weighted by molar-refractivity contribution is 0.0692. The van der Waals surface area contributed by atoms with E-state index in [0.717, 1.165) is 6.42 Å². The number of hydrogen-bond acceptors (Lipinski definition) is 3. The summed E-state index contributed by atoms with van der Waals surface area (Å²) >= 11 is 0. The van der Waals surface area contributed by atoms with E-state index in [9.17, 15) is 9.18 Å². The van der Waals surface area contributed by atoms with Crippen LogP contribution in [0.15, 0.2) is 36.4 Å². The van der Waals surface area contributed by atoms with Gasteiger partial charge in [-0.2, -0.15) is 0 Å². The highest BCUT2D eigenvalue weighted by Crippen LogP contribution is 2.30. The molecule has 1 N–H and O–H groups in total. The van der Waals surface area contributed by atoms with E-state index in [2.05, 4.69) is 0 Å². The van der Waals surface area contributed by atoms with Crippen molar-refractivity contribution in [1.29, 1.82) is 0 Å². The van der Waals surface area contributed by atoms with Gasteiger partial charge in [0.05, 0.1) is 13.2 Å². The van der Waals surface area contributed by atoms with Crippen molar-refractivity contribution in [2.24, 2.45) is 0 Å². The quantitative estimate of drug-likeness (QED) is 0.823. The van der Waals surface area contributed by atoms with Crippen molar-refractivity contribution >= 4 is 5.97 Å². The Bertz CT molecular complexity index is 697. The molecule has 23 heavy (non-hydrogen) atoms. The topological polar surface area (TPSA) is 55.8 Å². The SMILES string of the molecule is CCCOc1ccc(-c2ccc(C(=O)O)c(OCC)c2)cc1F. The van der Waals surface area contributed by atoms with Crippen LogP contribution in [0, 0.1) is 5.82 Å². The zero-order valence-corrected chi connectivity index (χ0v) is 13.1. The molecule has 0 bridgehead atoms. The zero-order valence-electron chi connectivity index (χ0n) is 13.1. The molecule has 122 valence electrons. The summed E-state index contributed by atoms with van der Waals surface area (Å²) in [6, 6.07) is 9.38. The maximum absolute atomic E-state index is 14.1. The Hall–Kier alpha value is -2.56. The fourth-order valence-corrected chi connectivity index (χ4v) is 2.16. The molecule has 0 aromatic heterocycles. The van der Waals surface area contributed by atoms with E-state index in [1.54, 1.807) is 31.2 Å². The normalized spacial score (nSPS) is 10.4. The van der Waals surface area contributed by atoms with E-state index in [1.165, 1.54) is 12.1 Å². The monoisotopic (exact) mass is 318 g/mol. The van der Waals surface area contributed by atoms with Gasteiger partial charge in [0.2, 0.25) is 0 Å². The number of carbonyl (C=O) groups is 1. The summed E-state index contributed by atoms with van der Waals surface area (Å²) in [5, 5.41) is 9.16. The lowest BCUT2D eigenvalue weighted by Gasteiger charge is -2.11. The van der Waals surface area contributed by atoms with E-state index < -0.39 is 11.8 Å². The van der Waals surface area contributed by atoms with Crippen molar-refractivity contribution in [3.8, 4) is 22.6 Å². The minimum atomic E-state index is -1.06. The summed E-state index contributed by atoms with van der Waals surface area (Å²) in [5.41, 5.74) is 1.39. The Balaban J connectivity index is 2.36. The van der Waals surface area contributed by atoms with E-state index in [4.69, 9.17) is 14.6 Å². The fraction of sp³-hybridized carbons (Fsp3) is 0.278. The van der Waals surface area contributed by atoms with Crippen molar-refractivity contribution in [1.82, 2.24) is 0 Å². The molecular formula is C18H19FO4. The summed E-state index contributed by atoms with van der Waals surface area (Å²) in [5.74, 6) is -1.03. The summed E-state index contributed by atoms with van der Waals surface area (Å²) < 4.78 is 24.7. The lowest BCUT2D eigenvalue weighted by atomic mass is 10.0. The van der Waals surface area contributed by atoms with Crippen LogP contribution in [0.5, 0.6) is 11.5 Å². The van der Waals surface area contributed by atoms with Crippen LogP contribution in [0.1, 0.15) is 30.6 Å². The third kappa shape index (κ3) is 4.00. The lowest BCUT2D eigenvalue weighted by Crippen LogP contribution is -2.03. The fourth-order valence-electron chi connectivity index (χ4n) is 2.16. The predicted molar refractivity (Wildman–Crippen MR) is 85.8 cm³/mol. The van der Waals surface area contributed by atoms with E-state index in [-0.39, 0.29) is 17.1 Å². The molecule has 0 heterocycles. The van der Waals surface area contributed by atoms with Crippen molar-refractivity contribution in [3.05, 3.63) is 47.8 Å². The molecule has 4 nitrogen and oxygen atoms in total. The molecule has 0 aliphatic rings. The van der Waals surface area contributed by atoms with Gasteiger partial charge in [-0.25, -0.2) is 9.18 Å². The van der Waals surface area contributed by atoms with E-state index in [1.807, 2.05) is 6.92 Å². The van der Waals surface area contributed by atoms with Crippen LogP contribution in [0.4, 0.5) is 4.39 Å². The molecule has 0 unspecified atom stereocenters. The van der Waals surface area contributed by atoms with Gasteiger partial charge in [0.25, 0.3) is 0 Å². The molecule has 0 fully saturated rings. The first kappa shape index (κ1) is 16.8. The average Bonchev–Trinajstić information content (AvgIpc) is 2.53. The molecule has 0 saturated carbocycles. The van der Waals surface area contributed by atoms with Gasteiger partial charge in [-0.15, -0.1) is 0 Å². The molecule has 2 aromatic rings. The summed E-state index contributed by atoms with van der Waals surface area (Å²) in [7, 11) is 0. The van der Waals surface area contributed by atoms with Gasteiger partial charge in [0.15, 0.2) is 11.6 Å². The predicted octanol–water partition coefficient (Wildman–Crippen LogP) is 4.38. The Morgan fingerprint density at radius 2 is 1.74 bits per heavy atom. The highest BCUT2D eigenvalue weighted by atomic mass is 19.1. The van der Waals surface area contributed by atoms with E-state index >= 15 is 0 Å². The number of carboxylic acid groups (broad SMARTS) is 1. The maximum Gasteiger partial charge on any atom is 0.339 e. The van der Waals surface area contributed by atoms with Gasteiger partial charge in [-0.3, -0.25) is 0 Å². The first-order chi connectivity index (χ1) is 11.1. The summed E-state index contributed by atoms with van der Waals surface area (Å²) in [6.45, 7) is 4.53. The number of hydrogen-bond donors (Lipinski definition) is 1. The Kier molecular flexibility index (Phi) is 5.57. The van der Waals surface area contributed by atoms with Crippen LogP contribution in [-0.2, 0) is 0 Å². The molecule has 0 amide bonds. The van der Waals surface area contributed by atoms with Gasteiger partial charge in [-0.1, -0.05) is 19.1 Å². The summed E-state index contributed by atoms with van der Waals surface area (Å²) in [4.78, 5) is 11.2. The third-order valence-electron chi connectivity index (χ3n) is 3.24. The maximum atomic E-state index is 14.1. The Labute approximate surface area is 134 Å². The van der Waals surface area contributed by atoms with Gasteiger partial charge in [0, 0.05) is 0 Å². The second kappa shape index (κ2) is 7.63. The second-order valence-corrected chi connectivity index (χ2v) is 4.94. The highest BCUT2D eigenvalue weighted by Gasteiger charge is 2.13. The van der Waals surface area contributed by atoms with Crippen LogP contribution in [0.25, 0.3) is 11.1 Å². The molecule has 0 aliphatic heterocycles. The minimum absolute atomic E-state index is 0.0824. The van der Waals surface area contributed by atoms with E-state index in [0.29, 0.717) is 24.3 Å². The minimum Gasteiger partial charge on any atom is -0.493 e. The van der Waals surface area contributed by atoms with Gasteiger partial charge >= 0.3 is 5.97 Å².